The number of rotatable bonds is 8. The molecule has 0 amide bonds. The van der Waals surface area contributed by atoms with Gasteiger partial charge in [0.2, 0.25) is 0 Å². The molecule has 1 aromatic carbocycles. The van der Waals surface area contributed by atoms with E-state index in [1.54, 1.807) is 32.4 Å². The van der Waals surface area contributed by atoms with Crippen LogP contribution in [0.5, 0.6) is 11.5 Å². The van der Waals surface area contributed by atoms with Crippen molar-refractivity contribution < 1.29 is 22.6 Å². The number of guanidine groups is 1. The van der Waals surface area contributed by atoms with Gasteiger partial charge in [0.1, 0.15) is 5.82 Å². The van der Waals surface area contributed by atoms with Crippen molar-refractivity contribution in [3.8, 4) is 11.5 Å². The molecule has 0 aliphatic rings. The number of pyridine rings is 1. The van der Waals surface area contributed by atoms with Gasteiger partial charge in [-0.15, -0.1) is 24.0 Å². The van der Waals surface area contributed by atoms with E-state index in [2.05, 4.69) is 25.9 Å². The molecule has 0 atom stereocenters. The summed E-state index contributed by atoms with van der Waals surface area (Å²) in [4.78, 5) is 8.13. The molecule has 7 nitrogen and oxygen atoms in total. The normalized spacial score (nSPS) is 11.3. The number of aliphatic imine (C=N–C) groups is 1. The first-order valence-corrected chi connectivity index (χ1v) is 8.92. The van der Waals surface area contributed by atoms with Crippen LogP contribution in [0.25, 0.3) is 0 Å². The van der Waals surface area contributed by atoms with E-state index >= 15 is 0 Å². The molecule has 30 heavy (non-hydrogen) atoms. The number of methoxy groups -OCH3 is 2. The third kappa shape index (κ3) is 7.43. The maximum Gasteiger partial charge on any atom is 0.419 e. The van der Waals surface area contributed by atoms with Crippen LogP contribution in [-0.2, 0) is 6.18 Å². The molecule has 0 aliphatic heterocycles. The number of alkyl halides is 3. The van der Waals surface area contributed by atoms with Crippen LogP contribution in [0.4, 0.5) is 24.7 Å². The fourth-order valence-electron chi connectivity index (χ4n) is 2.47. The molecule has 1 heterocycles. The molecule has 0 aliphatic carbocycles. The van der Waals surface area contributed by atoms with Crippen molar-refractivity contribution in [3.05, 3.63) is 42.1 Å². The number of halogens is 4. The summed E-state index contributed by atoms with van der Waals surface area (Å²) in [6.45, 7) is 2.94. The number of aromatic nitrogens is 1. The Morgan fingerprint density at radius 2 is 1.87 bits per heavy atom. The van der Waals surface area contributed by atoms with Gasteiger partial charge in [-0.25, -0.2) is 4.98 Å². The summed E-state index contributed by atoms with van der Waals surface area (Å²) in [7, 11) is 3.09. The number of benzene rings is 1. The monoisotopic (exact) mass is 539 g/mol. The first-order valence-electron chi connectivity index (χ1n) is 8.92. The average Bonchev–Trinajstić information content (AvgIpc) is 2.70. The van der Waals surface area contributed by atoms with E-state index in [0.29, 0.717) is 24.0 Å². The Balaban J connectivity index is 0.00000450. The summed E-state index contributed by atoms with van der Waals surface area (Å²) in [6, 6.07) is 7.55. The zero-order chi connectivity index (χ0) is 21.3. The molecule has 0 bridgehead atoms. The number of hydrogen-bond acceptors (Lipinski definition) is 5. The zero-order valence-electron chi connectivity index (χ0n) is 16.8. The first-order chi connectivity index (χ1) is 13.9. The minimum Gasteiger partial charge on any atom is -0.493 e. The van der Waals surface area contributed by atoms with E-state index in [0.717, 1.165) is 11.8 Å². The van der Waals surface area contributed by atoms with E-state index < -0.39 is 11.7 Å². The molecule has 0 radical (unpaired) electrons. The summed E-state index contributed by atoms with van der Waals surface area (Å²) >= 11 is 0. The van der Waals surface area contributed by atoms with Gasteiger partial charge < -0.3 is 25.4 Å². The third-order valence-electron chi connectivity index (χ3n) is 3.78. The largest absolute Gasteiger partial charge is 0.493 e. The molecule has 11 heteroatoms. The molecule has 1 aromatic heterocycles. The van der Waals surface area contributed by atoms with Crippen LogP contribution in [0.1, 0.15) is 12.5 Å². The van der Waals surface area contributed by atoms with E-state index in [-0.39, 0.29) is 42.9 Å². The SMILES string of the molecule is CCNC(=NCCNc1ncccc1C(F)(F)F)Nc1ccc(OC)c(OC)c1.I. The Hall–Kier alpha value is -2.44. The van der Waals surface area contributed by atoms with Gasteiger partial charge in [0.05, 0.1) is 26.3 Å². The van der Waals surface area contributed by atoms with Crippen LogP contribution in [0, 0.1) is 0 Å². The van der Waals surface area contributed by atoms with E-state index in [1.165, 1.54) is 12.3 Å². The molecule has 0 unspecified atom stereocenters. The second-order valence-electron chi connectivity index (χ2n) is 5.78. The highest BCUT2D eigenvalue weighted by atomic mass is 127. The number of ether oxygens (including phenoxy) is 2. The second kappa shape index (κ2) is 12.3. The number of nitrogens with zero attached hydrogens (tertiary/aromatic N) is 2. The lowest BCUT2D eigenvalue weighted by atomic mass is 10.2. The number of anilines is 2. The fraction of sp³-hybridized carbons (Fsp3) is 0.368. The lowest BCUT2D eigenvalue weighted by molar-refractivity contribution is -0.137. The molecular formula is C19H25F3IN5O2. The highest BCUT2D eigenvalue weighted by molar-refractivity contribution is 14.0. The summed E-state index contributed by atoms with van der Waals surface area (Å²) in [5.74, 6) is 1.43. The predicted molar refractivity (Wildman–Crippen MR) is 122 cm³/mol. The van der Waals surface area contributed by atoms with Gasteiger partial charge in [-0.05, 0) is 31.2 Å². The van der Waals surface area contributed by atoms with E-state index in [1.807, 2.05) is 6.92 Å². The number of hydrogen-bond donors (Lipinski definition) is 3. The molecule has 0 saturated heterocycles. The standard InChI is InChI=1S/C19H24F3N5O2.HI/c1-4-23-18(27-13-7-8-15(28-2)16(12-13)29-3)26-11-10-25-17-14(19(20,21)22)6-5-9-24-17;/h5-9,12H,4,10-11H2,1-3H3,(H,24,25)(H2,23,26,27);1H. The predicted octanol–water partition coefficient (Wildman–Crippen LogP) is 4.23. The topological polar surface area (TPSA) is 79.8 Å². The molecule has 0 fully saturated rings. The van der Waals surface area contributed by atoms with Crippen molar-refractivity contribution in [3.63, 3.8) is 0 Å². The Labute approximate surface area is 190 Å². The first kappa shape index (κ1) is 25.6. The summed E-state index contributed by atoms with van der Waals surface area (Å²) in [5.41, 5.74) is -0.0845. The Morgan fingerprint density at radius 1 is 1.13 bits per heavy atom. The van der Waals surface area contributed by atoms with Gasteiger partial charge in [-0.3, -0.25) is 4.99 Å². The van der Waals surface area contributed by atoms with Gasteiger partial charge in [0.25, 0.3) is 0 Å². The van der Waals surface area contributed by atoms with Gasteiger partial charge >= 0.3 is 6.18 Å². The lowest BCUT2D eigenvalue weighted by Crippen LogP contribution is -2.31. The van der Waals surface area contributed by atoms with Crippen LogP contribution in [0.3, 0.4) is 0 Å². The quantitative estimate of drug-likeness (QED) is 0.202. The van der Waals surface area contributed by atoms with Crippen LogP contribution in [0.2, 0.25) is 0 Å². The van der Waals surface area contributed by atoms with Gasteiger partial charge in [-0.1, -0.05) is 0 Å². The Kier molecular flexibility index (Phi) is 10.5. The molecule has 2 aromatic rings. The molecular weight excluding hydrogens is 514 g/mol. The van der Waals surface area contributed by atoms with Crippen molar-refractivity contribution in [2.75, 3.05) is 44.5 Å². The Morgan fingerprint density at radius 3 is 2.50 bits per heavy atom. The smallest absolute Gasteiger partial charge is 0.419 e. The van der Waals surface area contributed by atoms with Crippen LogP contribution in [0.15, 0.2) is 41.5 Å². The molecule has 0 saturated carbocycles. The highest BCUT2D eigenvalue weighted by Gasteiger charge is 2.33. The molecule has 0 spiro atoms. The van der Waals surface area contributed by atoms with Gasteiger partial charge in [-0.2, -0.15) is 13.2 Å². The van der Waals surface area contributed by atoms with Crippen LogP contribution >= 0.6 is 24.0 Å². The summed E-state index contributed by atoms with van der Waals surface area (Å²) in [5, 5.41) is 8.88. The Bertz CT molecular complexity index is 834. The van der Waals surface area contributed by atoms with Gasteiger partial charge in [0.15, 0.2) is 17.5 Å². The molecule has 166 valence electrons. The fourth-order valence-corrected chi connectivity index (χ4v) is 2.47. The average molecular weight is 539 g/mol. The van der Waals surface area contributed by atoms with Crippen molar-refractivity contribution in [2.24, 2.45) is 4.99 Å². The lowest BCUT2D eigenvalue weighted by Gasteiger charge is -2.14. The zero-order valence-corrected chi connectivity index (χ0v) is 19.2. The van der Waals surface area contributed by atoms with Crippen molar-refractivity contribution in [1.82, 2.24) is 10.3 Å². The maximum atomic E-state index is 13.0. The second-order valence-corrected chi connectivity index (χ2v) is 5.78. The van der Waals surface area contributed by atoms with Crippen molar-refractivity contribution in [2.45, 2.75) is 13.1 Å². The van der Waals surface area contributed by atoms with Crippen molar-refractivity contribution >= 4 is 41.4 Å². The van der Waals surface area contributed by atoms with Crippen LogP contribution in [-0.4, -0.2) is 44.8 Å². The van der Waals surface area contributed by atoms with Crippen LogP contribution < -0.4 is 25.4 Å². The van der Waals surface area contributed by atoms with Crippen molar-refractivity contribution in [1.29, 1.82) is 0 Å². The van der Waals surface area contributed by atoms with E-state index in [9.17, 15) is 13.2 Å². The minimum absolute atomic E-state index is 0. The van der Waals surface area contributed by atoms with Gasteiger partial charge in [0, 0.05) is 31.0 Å². The maximum absolute atomic E-state index is 13.0. The third-order valence-corrected chi connectivity index (χ3v) is 3.78. The molecule has 2 rings (SSSR count). The minimum atomic E-state index is -4.47. The summed E-state index contributed by atoms with van der Waals surface area (Å²) in [6.07, 6.45) is -3.16. The number of nitrogens with one attached hydrogen (secondary N) is 3. The summed E-state index contributed by atoms with van der Waals surface area (Å²) < 4.78 is 49.5. The molecule has 3 N–H and O–H groups in total. The highest BCUT2D eigenvalue weighted by Crippen LogP contribution is 2.33. The van der Waals surface area contributed by atoms with E-state index in [4.69, 9.17) is 9.47 Å².